The van der Waals surface area contributed by atoms with E-state index in [1.54, 1.807) is 27.2 Å². The van der Waals surface area contributed by atoms with E-state index in [0.29, 0.717) is 85.0 Å². The molecular weight excluding hydrogens is 641 g/mol. The number of halogens is 2. The molecule has 10 nitrogen and oxygen atoms in total. The van der Waals surface area contributed by atoms with Gasteiger partial charge >= 0.3 is 0 Å². The van der Waals surface area contributed by atoms with Crippen LogP contribution in [0.3, 0.4) is 0 Å². The van der Waals surface area contributed by atoms with Crippen LogP contribution in [0, 0.1) is 0 Å². The van der Waals surface area contributed by atoms with Crippen LogP contribution in [0.1, 0.15) is 34.0 Å². The van der Waals surface area contributed by atoms with Crippen LogP contribution in [0.25, 0.3) is 0 Å². The van der Waals surface area contributed by atoms with Crippen molar-refractivity contribution in [2.75, 3.05) is 71.5 Å². The van der Waals surface area contributed by atoms with E-state index in [4.69, 9.17) is 32.7 Å². The van der Waals surface area contributed by atoms with E-state index in [0.717, 1.165) is 29.9 Å². The Labute approximate surface area is 286 Å². The van der Waals surface area contributed by atoms with Crippen molar-refractivity contribution in [3.63, 3.8) is 0 Å². The van der Waals surface area contributed by atoms with Gasteiger partial charge in [-0.3, -0.25) is 19.3 Å². The smallest absolute Gasteiger partial charge is 0.251 e. The molecule has 0 aromatic heterocycles. The molecule has 5 rings (SSSR count). The molecule has 0 saturated carbocycles. The number of nitrogens with one attached hydrogen (secondary N) is 1. The summed E-state index contributed by atoms with van der Waals surface area (Å²) in [5.74, 6) is 1.24. The molecule has 3 aromatic carbocycles. The maximum atomic E-state index is 13.2. The van der Waals surface area contributed by atoms with Crippen molar-refractivity contribution in [3.8, 4) is 11.5 Å². The number of ether oxygens (including phenoxy) is 2. The van der Waals surface area contributed by atoms with Crippen molar-refractivity contribution in [2.45, 2.75) is 26.4 Å². The molecule has 2 fully saturated rings. The number of hydrogen-bond donors (Lipinski definition) is 1. The molecule has 2 aliphatic rings. The molecule has 1 N–H and O–H groups in total. The van der Waals surface area contributed by atoms with Gasteiger partial charge in [-0.25, -0.2) is 0 Å². The number of piperazine rings is 2. The number of nitrogens with zero attached hydrogens (tertiary/aromatic N) is 4. The van der Waals surface area contributed by atoms with Gasteiger partial charge in [0.25, 0.3) is 5.91 Å². The first-order chi connectivity index (χ1) is 22.6. The molecular formula is C35H41Cl2N5O5. The second-order valence-electron chi connectivity index (χ2n) is 11.8. The third-order valence-electron chi connectivity index (χ3n) is 8.74. The Hall–Kier alpha value is -3.99. The van der Waals surface area contributed by atoms with Crippen LogP contribution in [0.2, 0.25) is 10.0 Å². The summed E-state index contributed by atoms with van der Waals surface area (Å²) in [6.07, 6.45) is 0.140. The lowest BCUT2D eigenvalue weighted by molar-refractivity contribution is -0.131. The number of rotatable bonds is 10. The first kappa shape index (κ1) is 34.3. The Morgan fingerprint density at radius 2 is 1.32 bits per heavy atom. The zero-order valence-corrected chi connectivity index (χ0v) is 28.6. The van der Waals surface area contributed by atoms with E-state index in [2.05, 4.69) is 15.1 Å². The molecule has 12 heteroatoms. The highest BCUT2D eigenvalue weighted by Crippen LogP contribution is 2.29. The van der Waals surface area contributed by atoms with Crippen LogP contribution in [-0.2, 0) is 29.1 Å². The van der Waals surface area contributed by atoms with Gasteiger partial charge in [-0.1, -0.05) is 23.2 Å². The van der Waals surface area contributed by atoms with Crippen molar-refractivity contribution in [1.82, 2.24) is 20.0 Å². The Balaban J connectivity index is 1.09. The maximum absolute atomic E-state index is 13.2. The lowest BCUT2D eigenvalue weighted by Crippen LogP contribution is -2.49. The van der Waals surface area contributed by atoms with Crippen LogP contribution < -0.4 is 19.7 Å². The van der Waals surface area contributed by atoms with Gasteiger partial charge in [0.15, 0.2) is 0 Å². The molecule has 0 radical (unpaired) electrons. The van der Waals surface area contributed by atoms with Crippen LogP contribution in [0.15, 0.2) is 54.6 Å². The number of anilines is 1. The van der Waals surface area contributed by atoms with E-state index in [1.807, 2.05) is 58.3 Å². The number of benzene rings is 3. The fourth-order valence-corrected chi connectivity index (χ4v) is 6.61. The average molecular weight is 683 g/mol. The van der Waals surface area contributed by atoms with E-state index in [-0.39, 0.29) is 24.1 Å². The fourth-order valence-electron chi connectivity index (χ4n) is 5.95. The van der Waals surface area contributed by atoms with Crippen LogP contribution >= 0.6 is 23.2 Å². The van der Waals surface area contributed by atoms with Gasteiger partial charge in [-0.2, -0.15) is 0 Å². The highest BCUT2D eigenvalue weighted by molar-refractivity contribution is 6.36. The number of methoxy groups -OCH3 is 2. The van der Waals surface area contributed by atoms with Crippen molar-refractivity contribution in [3.05, 3.63) is 86.9 Å². The largest absolute Gasteiger partial charge is 0.497 e. The molecule has 250 valence electrons. The minimum absolute atomic E-state index is 0.0118. The van der Waals surface area contributed by atoms with Crippen molar-refractivity contribution >= 4 is 46.6 Å². The summed E-state index contributed by atoms with van der Waals surface area (Å²) >= 11 is 13.3. The quantitative estimate of drug-likeness (QED) is 0.337. The Kier molecular flexibility index (Phi) is 11.5. The number of carbonyl (C=O) groups is 3. The van der Waals surface area contributed by atoms with Gasteiger partial charge in [0, 0.05) is 99.7 Å². The second kappa shape index (κ2) is 15.7. The molecule has 0 unspecified atom stereocenters. The van der Waals surface area contributed by atoms with Gasteiger partial charge in [0.2, 0.25) is 11.8 Å². The molecule has 2 aliphatic heterocycles. The zero-order chi connectivity index (χ0) is 33.5. The van der Waals surface area contributed by atoms with Crippen LogP contribution in [-0.4, -0.2) is 99.0 Å². The predicted octanol–water partition coefficient (Wildman–Crippen LogP) is 4.50. The number of hydrogen-bond acceptors (Lipinski definition) is 7. The van der Waals surface area contributed by atoms with Gasteiger partial charge in [0.05, 0.1) is 20.6 Å². The standard InChI is InChI=1S/C35H41Cl2N5O5/c1-24(43)40-10-8-39(9-11-40)23-26-18-32(36)31(33(37)19-26)21-34(44)42-14-12-41(13-15-42)28-6-4-27(5-7-28)35(45)38-22-25-16-29(46-2)20-30(17-25)47-3/h4-7,16-20H,8-15,21-23H2,1-3H3,(H,38,45). The van der Waals surface area contributed by atoms with Crippen molar-refractivity contribution in [1.29, 1.82) is 0 Å². The monoisotopic (exact) mass is 681 g/mol. The molecule has 0 aliphatic carbocycles. The Bertz CT molecular complexity index is 1540. The highest BCUT2D eigenvalue weighted by atomic mass is 35.5. The topological polar surface area (TPSA) is 94.7 Å². The molecule has 3 aromatic rings. The molecule has 0 spiro atoms. The molecule has 3 amide bonds. The van der Waals surface area contributed by atoms with Crippen LogP contribution in [0.4, 0.5) is 5.69 Å². The Morgan fingerprint density at radius 1 is 0.745 bits per heavy atom. The summed E-state index contributed by atoms with van der Waals surface area (Å²) in [5.41, 5.74) is 4.06. The highest BCUT2D eigenvalue weighted by Gasteiger charge is 2.24. The average Bonchev–Trinajstić information content (AvgIpc) is 3.09. The minimum atomic E-state index is -0.174. The number of carbonyl (C=O) groups excluding carboxylic acids is 3. The summed E-state index contributed by atoms with van der Waals surface area (Å²) in [4.78, 5) is 45.8. The Morgan fingerprint density at radius 3 is 1.87 bits per heavy atom. The summed E-state index contributed by atoms with van der Waals surface area (Å²) in [7, 11) is 3.18. The predicted molar refractivity (Wildman–Crippen MR) is 184 cm³/mol. The van der Waals surface area contributed by atoms with Crippen LogP contribution in [0.5, 0.6) is 11.5 Å². The third-order valence-corrected chi connectivity index (χ3v) is 9.42. The second-order valence-corrected chi connectivity index (χ2v) is 12.6. The summed E-state index contributed by atoms with van der Waals surface area (Å²) in [5, 5.41) is 3.94. The maximum Gasteiger partial charge on any atom is 0.251 e. The third kappa shape index (κ3) is 8.88. The summed E-state index contributed by atoms with van der Waals surface area (Å²) < 4.78 is 10.6. The first-order valence-electron chi connectivity index (χ1n) is 15.7. The molecule has 0 bridgehead atoms. The lowest BCUT2D eigenvalue weighted by atomic mass is 10.1. The summed E-state index contributed by atoms with van der Waals surface area (Å²) in [6, 6.07) is 16.8. The lowest BCUT2D eigenvalue weighted by Gasteiger charge is -2.36. The number of amides is 3. The van der Waals surface area contributed by atoms with E-state index < -0.39 is 0 Å². The molecule has 0 atom stereocenters. The molecule has 47 heavy (non-hydrogen) atoms. The fraction of sp³-hybridized carbons (Fsp3) is 0.400. The molecule has 2 heterocycles. The summed E-state index contributed by atoms with van der Waals surface area (Å²) in [6.45, 7) is 8.12. The van der Waals surface area contributed by atoms with E-state index >= 15 is 0 Å². The van der Waals surface area contributed by atoms with Gasteiger partial charge in [-0.05, 0) is 65.2 Å². The SMILES string of the molecule is COc1cc(CNC(=O)c2ccc(N3CCN(C(=O)Cc4c(Cl)cc(CN5CCN(C(C)=O)CC5)cc4Cl)CC3)cc2)cc(OC)c1. The van der Waals surface area contributed by atoms with E-state index in [9.17, 15) is 14.4 Å². The van der Waals surface area contributed by atoms with Gasteiger partial charge < -0.3 is 29.5 Å². The van der Waals surface area contributed by atoms with Gasteiger partial charge in [0.1, 0.15) is 11.5 Å². The zero-order valence-electron chi connectivity index (χ0n) is 27.1. The van der Waals surface area contributed by atoms with Gasteiger partial charge in [-0.15, -0.1) is 0 Å². The molecule has 2 saturated heterocycles. The first-order valence-corrected chi connectivity index (χ1v) is 16.5. The van der Waals surface area contributed by atoms with Crippen molar-refractivity contribution < 1.29 is 23.9 Å². The van der Waals surface area contributed by atoms with E-state index in [1.165, 1.54) is 0 Å². The minimum Gasteiger partial charge on any atom is -0.497 e. The van der Waals surface area contributed by atoms with Crippen molar-refractivity contribution in [2.24, 2.45) is 0 Å². The normalized spacial score (nSPS) is 15.4.